The van der Waals surface area contributed by atoms with Gasteiger partial charge >= 0.3 is 5.97 Å². The number of aromatic carboxylic acids is 1. The number of sulfonamides is 1. The number of thiophene rings is 1. The molecule has 1 aromatic heterocycles. The third kappa shape index (κ3) is 3.49. The van der Waals surface area contributed by atoms with E-state index in [0.29, 0.717) is 3.79 Å². The molecular weight excluding hydrogens is 406 g/mol. The van der Waals surface area contributed by atoms with Crippen molar-refractivity contribution in [3.8, 4) is 5.75 Å². The number of carboxylic acid groups (broad SMARTS) is 1. The van der Waals surface area contributed by atoms with Crippen LogP contribution in [0, 0.1) is 0 Å². The van der Waals surface area contributed by atoms with Gasteiger partial charge < -0.3 is 10.2 Å². The van der Waals surface area contributed by atoms with Crippen molar-refractivity contribution in [1.82, 2.24) is 0 Å². The Balaban J connectivity index is 2.41. The molecule has 0 radical (unpaired) electrons. The minimum Gasteiger partial charge on any atom is -0.506 e. The van der Waals surface area contributed by atoms with Crippen molar-refractivity contribution in [3.05, 3.63) is 38.6 Å². The lowest BCUT2D eigenvalue weighted by molar-refractivity contribution is 0.0697. The average Bonchev–Trinajstić information content (AvgIpc) is 2.73. The molecule has 0 amide bonds. The number of halogens is 2. The molecule has 3 N–H and O–H groups in total. The van der Waals surface area contributed by atoms with Crippen molar-refractivity contribution in [3.63, 3.8) is 0 Å². The van der Waals surface area contributed by atoms with Crippen LogP contribution in [-0.2, 0) is 10.0 Å². The fourth-order valence-corrected chi connectivity index (χ4v) is 4.87. The van der Waals surface area contributed by atoms with Gasteiger partial charge in [0.15, 0.2) is 0 Å². The number of rotatable bonds is 4. The minimum absolute atomic E-state index is 0.0699. The first-order valence-electron chi connectivity index (χ1n) is 5.24. The van der Waals surface area contributed by atoms with E-state index in [2.05, 4.69) is 20.7 Å². The third-order valence-corrected chi connectivity index (χ3v) is 6.69. The van der Waals surface area contributed by atoms with Gasteiger partial charge in [-0.05, 0) is 40.2 Å². The summed E-state index contributed by atoms with van der Waals surface area (Å²) in [5.74, 6) is -1.62. The monoisotopic (exact) mass is 411 g/mol. The van der Waals surface area contributed by atoms with Gasteiger partial charge in [0.05, 0.1) is 20.1 Å². The standard InChI is InChI=1S/C11H7BrClNO5S2/c12-10-6(13)4-9(20-10)21(18,19)14-7-3-5(11(16)17)1-2-8(7)15/h1-4,14-15H,(H,16,17). The van der Waals surface area contributed by atoms with Crippen molar-refractivity contribution in [2.75, 3.05) is 4.72 Å². The predicted octanol–water partition coefficient (Wildman–Crippen LogP) is 3.37. The van der Waals surface area contributed by atoms with Gasteiger partial charge in [-0.3, -0.25) is 4.72 Å². The fourth-order valence-electron chi connectivity index (χ4n) is 1.41. The van der Waals surface area contributed by atoms with E-state index in [0.717, 1.165) is 29.5 Å². The number of hydrogen-bond acceptors (Lipinski definition) is 5. The van der Waals surface area contributed by atoms with E-state index in [1.807, 2.05) is 0 Å². The van der Waals surface area contributed by atoms with Crippen LogP contribution < -0.4 is 4.72 Å². The minimum atomic E-state index is -3.98. The predicted molar refractivity (Wildman–Crippen MR) is 82.9 cm³/mol. The number of phenolic OH excluding ortho intramolecular Hbond substituents is 1. The Morgan fingerprint density at radius 3 is 2.52 bits per heavy atom. The molecule has 0 unspecified atom stereocenters. The molecule has 0 saturated carbocycles. The van der Waals surface area contributed by atoms with Gasteiger partial charge in [0.1, 0.15) is 9.96 Å². The van der Waals surface area contributed by atoms with Gasteiger partial charge in [-0.25, -0.2) is 13.2 Å². The van der Waals surface area contributed by atoms with E-state index in [1.54, 1.807) is 0 Å². The maximum Gasteiger partial charge on any atom is 0.335 e. The molecule has 21 heavy (non-hydrogen) atoms. The Kier molecular flexibility index (Phi) is 4.47. The SMILES string of the molecule is O=C(O)c1ccc(O)c(NS(=O)(=O)c2cc(Cl)c(Br)s2)c1. The molecule has 0 saturated heterocycles. The summed E-state index contributed by atoms with van der Waals surface area (Å²) in [6.07, 6.45) is 0. The van der Waals surface area contributed by atoms with E-state index in [-0.39, 0.29) is 26.2 Å². The molecular formula is C11H7BrClNO5S2. The summed E-state index contributed by atoms with van der Waals surface area (Å²) in [6.45, 7) is 0. The molecule has 0 aliphatic carbocycles. The quantitative estimate of drug-likeness (QED) is 0.668. The summed E-state index contributed by atoms with van der Waals surface area (Å²) in [5, 5.41) is 18.7. The second-order valence-corrected chi connectivity index (χ2v) is 8.52. The van der Waals surface area contributed by atoms with Crippen LogP contribution in [0.1, 0.15) is 10.4 Å². The number of anilines is 1. The highest BCUT2D eigenvalue weighted by Crippen LogP contribution is 2.36. The van der Waals surface area contributed by atoms with Crippen LogP contribution in [0.2, 0.25) is 5.02 Å². The molecule has 0 fully saturated rings. The normalized spacial score (nSPS) is 11.3. The first kappa shape index (κ1) is 16.1. The van der Waals surface area contributed by atoms with Crippen molar-refractivity contribution >= 4 is 60.5 Å². The highest BCUT2D eigenvalue weighted by Gasteiger charge is 2.21. The molecule has 1 heterocycles. The summed E-state index contributed by atoms with van der Waals surface area (Å²) >= 11 is 9.78. The number of aromatic hydroxyl groups is 1. The first-order valence-corrected chi connectivity index (χ1v) is 8.72. The van der Waals surface area contributed by atoms with E-state index >= 15 is 0 Å². The number of benzene rings is 1. The molecule has 0 aliphatic heterocycles. The molecule has 0 bridgehead atoms. The van der Waals surface area contributed by atoms with E-state index in [1.165, 1.54) is 6.07 Å². The lowest BCUT2D eigenvalue weighted by Gasteiger charge is -2.08. The van der Waals surface area contributed by atoms with Crippen molar-refractivity contribution < 1.29 is 23.4 Å². The third-order valence-electron chi connectivity index (χ3n) is 2.38. The van der Waals surface area contributed by atoms with E-state index in [9.17, 15) is 18.3 Å². The van der Waals surface area contributed by atoms with Gasteiger partial charge in [-0.2, -0.15) is 0 Å². The van der Waals surface area contributed by atoms with E-state index in [4.69, 9.17) is 16.7 Å². The average molecular weight is 413 g/mol. The van der Waals surface area contributed by atoms with Crippen LogP contribution in [0.15, 0.2) is 32.3 Å². The number of carbonyl (C=O) groups is 1. The summed E-state index contributed by atoms with van der Waals surface area (Å²) in [6, 6.07) is 4.53. The molecule has 2 rings (SSSR count). The van der Waals surface area contributed by atoms with Crippen molar-refractivity contribution in [2.24, 2.45) is 0 Å². The largest absolute Gasteiger partial charge is 0.506 e. The Hall–Kier alpha value is -1.29. The number of nitrogens with one attached hydrogen (secondary N) is 1. The van der Waals surface area contributed by atoms with Crippen LogP contribution in [-0.4, -0.2) is 24.6 Å². The number of carboxylic acids is 1. The Labute approximate surface area is 137 Å². The van der Waals surface area contributed by atoms with Crippen LogP contribution in [0.5, 0.6) is 5.75 Å². The van der Waals surface area contributed by atoms with Crippen molar-refractivity contribution in [2.45, 2.75) is 4.21 Å². The number of hydrogen-bond donors (Lipinski definition) is 3. The molecule has 0 spiro atoms. The second-order valence-electron chi connectivity index (χ2n) is 3.83. The summed E-state index contributed by atoms with van der Waals surface area (Å²) < 4.78 is 26.8. The fraction of sp³-hybridized carbons (Fsp3) is 0. The molecule has 2 aromatic rings. The zero-order chi connectivity index (χ0) is 15.8. The number of phenols is 1. The van der Waals surface area contributed by atoms with Gasteiger partial charge in [-0.15, -0.1) is 11.3 Å². The highest BCUT2D eigenvalue weighted by molar-refractivity contribution is 9.11. The highest BCUT2D eigenvalue weighted by atomic mass is 79.9. The molecule has 10 heteroatoms. The molecule has 112 valence electrons. The smallest absolute Gasteiger partial charge is 0.335 e. The summed E-state index contributed by atoms with van der Waals surface area (Å²) in [4.78, 5) is 10.9. The molecule has 0 atom stereocenters. The lowest BCUT2D eigenvalue weighted by Crippen LogP contribution is -2.12. The molecule has 0 aliphatic rings. The van der Waals surface area contributed by atoms with Gasteiger partial charge in [0.2, 0.25) is 0 Å². The zero-order valence-corrected chi connectivity index (χ0v) is 14.0. The molecule has 1 aromatic carbocycles. The maximum atomic E-state index is 12.2. The second kappa shape index (κ2) is 5.84. The zero-order valence-electron chi connectivity index (χ0n) is 10.0. The lowest BCUT2D eigenvalue weighted by atomic mass is 10.2. The van der Waals surface area contributed by atoms with E-state index < -0.39 is 16.0 Å². The Bertz CT molecular complexity index is 799. The van der Waals surface area contributed by atoms with Gasteiger partial charge in [0.25, 0.3) is 10.0 Å². The van der Waals surface area contributed by atoms with Crippen molar-refractivity contribution in [1.29, 1.82) is 0 Å². The summed E-state index contributed by atoms with van der Waals surface area (Å²) in [5.41, 5.74) is -0.383. The summed E-state index contributed by atoms with van der Waals surface area (Å²) in [7, 11) is -3.98. The topological polar surface area (TPSA) is 104 Å². The van der Waals surface area contributed by atoms with Gasteiger partial charge in [-0.1, -0.05) is 11.6 Å². The van der Waals surface area contributed by atoms with Crippen LogP contribution >= 0.6 is 38.9 Å². The Morgan fingerprint density at radius 2 is 2.00 bits per heavy atom. The first-order chi connectivity index (χ1) is 9.70. The Morgan fingerprint density at radius 1 is 1.33 bits per heavy atom. The molecule has 6 nitrogen and oxygen atoms in total. The maximum absolute atomic E-state index is 12.2. The van der Waals surface area contributed by atoms with Crippen LogP contribution in [0.4, 0.5) is 5.69 Å². The van der Waals surface area contributed by atoms with Crippen LogP contribution in [0.3, 0.4) is 0 Å². The van der Waals surface area contributed by atoms with Crippen LogP contribution in [0.25, 0.3) is 0 Å². The van der Waals surface area contributed by atoms with Gasteiger partial charge in [0, 0.05) is 0 Å².